The van der Waals surface area contributed by atoms with Crippen LogP contribution in [0.4, 0.5) is 0 Å². The van der Waals surface area contributed by atoms with Gasteiger partial charge in [-0.05, 0) is 43.4 Å². The van der Waals surface area contributed by atoms with E-state index in [9.17, 15) is 14.4 Å². The van der Waals surface area contributed by atoms with E-state index in [2.05, 4.69) is 15.0 Å². The Balaban J connectivity index is 1.63. The summed E-state index contributed by atoms with van der Waals surface area (Å²) in [7, 11) is 1.49. The number of aromatic amines is 1. The molecule has 4 aromatic rings. The average Bonchev–Trinajstić information content (AvgIpc) is 2.89. The zero-order valence-electron chi connectivity index (χ0n) is 19.4. The number of amides is 1. The van der Waals surface area contributed by atoms with Crippen molar-refractivity contribution in [3.05, 3.63) is 57.5 Å². The summed E-state index contributed by atoms with van der Waals surface area (Å²) in [6.07, 6.45) is 6.34. The molecule has 0 spiro atoms. The number of ether oxygens (including phenoxy) is 1. The van der Waals surface area contributed by atoms with Crippen LogP contribution in [0.2, 0.25) is 0 Å². The number of fused-ring (bicyclic) bond motifs is 3. The van der Waals surface area contributed by atoms with Gasteiger partial charge in [0.1, 0.15) is 12.1 Å². The molecule has 4 aromatic heterocycles. The summed E-state index contributed by atoms with van der Waals surface area (Å²) in [5.41, 5.74) is 2.03. The van der Waals surface area contributed by atoms with Gasteiger partial charge in [0, 0.05) is 44.2 Å². The second-order valence-corrected chi connectivity index (χ2v) is 9.17. The van der Waals surface area contributed by atoms with Gasteiger partial charge in [-0.25, -0.2) is 14.8 Å². The number of rotatable bonds is 5. The summed E-state index contributed by atoms with van der Waals surface area (Å²) < 4.78 is 6.58. The molecule has 0 aromatic carbocycles. The highest BCUT2D eigenvalue weighted by molar-refractivity contribution is 7.98. The molecule has 0 bridgehead atoms. The average molecular weight is 493 g/mol. The molecule has 0 radical (unpaired) electrons. The fraction of sp³-hybridized carbons (Fsp3) is 0.333. The Hall–Kier alpha value is -3.57. The Morgan fingerprint density at radius 1 is 1.14 bits per heavy atom. The molecule has 1 amide bonds. The molecule has 5 heterocycles. The van der Waals surface area contributed by atoms with Crippen LogP contribution >= 0.6 is 11.8 Å². The highest BCUT2D eigenvalue weighted by Gasteiger charge is 2.27. The summed E-state index contributed by atoms with van der Waals surface area (Å²) >= 11 is 1.55. The maximum absolute atomic E-state index is 13.1. The van der Waals surface area contributed by atoms with E-state index in [1.54, 1.807) is 27.4 Å². The maximum Gasteiger partial charge on any atom is 0.329 e. The molecule has 1 aliphatic rings. The number of methoxy groups -OCH3 is 1. The number of H-pyrrole nitrogens is 1. The van der Waals surface area contributed by atoms with Crippen molar-refractivity contribution >= 4 is 39.6 Å². The van der Waals surface area contributed by atoms with Crippen LogP contribution in [0.5, 0.6) is 0 Å². The van der Waals surface area contributed by atoms with Gasteiger partial charge in [0.2, 0.25) is 5.91 Å². The molecule has 10 nitrogen and oxygen atoms in total. The molecule has 35 heavy (non-hydrogen) atoms. The van der Waals surface area contributed by atoms with Crippen molar-refractivity contribution in [1.29, 1.82) is 0 Å². The SMILES string of the molecule is COCC(=O)N1CCC(n2c(=O)[nH]c(=O)c3cnc4ccc(-c5ccc(SC)nc5)nc4c32)CC1. The van der Waals surface area contributed by atoms with Crippen molar-refractivity contribution in [2.24, 2.45) is 0 Å². The summed E-state index contributed by atoms with van der Waals surface area (Å²) in [5, 5.41) is 1.20. The summed E-state index contributed by atoms with van der Waals surface area (Å²) in [4.78, 5) is 55.8. The highest BCUT2D eigenvalue weighted by Crippen LogP contribution is 2.29. The minimum absolute atomic E-state index is 0.0297. The van der Waals surface area contributed by atoms with E-state index < -0.39 is 11.2 Å². The maximum atomic E-state index is 13.1. The van der Waals surface area contributed by atoms with Crippen LogP contribution in [0.25, 0.3) is 33.2 Å². The van der Waals surface area contributed by atoms with Gasteiger partial charge in [0.15, 0.2) is 0 Å². The number of aromatic nitrogens is 5. The third kappa shape index (κ3) is 4.32. The van der Waals surface area contributed by atoms with Gasteiger partial charge in [-0.2, -0.15) is 0 Å². The largest absolute Gasteiger partial charge is 0.375 e. The van der Waals surface area contributed by atoms with Gasteiger partial charge < -0.3 is 9.64 Å². The number of carbonyl (C=O) groups excluding carboxylic acids is 1. The first-order chi connectivity index (χ1) is 17.0. The number of pyridine rings is 3. The molecule has 11 heteroatoms. The van der Waals surface area contributed by atoms with E-state index in [1.165, 1.54) is 13.3 Å². The highest BCUT2D eigenvalue weighted by atomic mass is 32.2. The predicted molar refractivity (Wildman–Crippen MR) is 134 cm³/mol. The fourth-order valence-corrected chi connectivity index (χ4v) is 4.90. The Bertz CT molecular complexity index is 1520. The zero-order chi connectivity index (χ0) is 24.5. The normalized spacial score (nSPS) is 14.6. The van der Waals surface area contributed by atoms with E-state index in [4.69, 9.17) is 9.72 Å². The molecular formula is C24H24N6O4S. The van der Waals surface area contributed by atoms with Crippen LogP contribution in [0, 0.1) is 0 Å². The van der Waals surface area contributed by atoms with Gasteiger partial charge in [-0.1, -0.05) is 0 Å². The van der Waals surface area contributed by atoms with Crippen LogP contribution in [0.3, 0.4) is 0 Å². The van der Waals surface area contributed by atoms with Crippen LogP contribution in [0.1, 0.15) is 18.9 Å². The predicted octanol–water partition coefficient (Wildman–Crippen LogP) is 2.23. The third-order valence-electron chi connectivity index (χ3n) is 6.30. The van der Waals surface area contributed by atoms with Crippen molar-refractivity contribution in [3.8, 4) is 11.3 Å². The van der Waals surface area contributed by atoms with E-state index in [0.717, 1.165) is 10.6 Å². The molecule has 0 atom stereocenters. The fourth-order valence-electron chi connectivity index (χ4n) is 4.54. The Labute approximate surface area is 204 Å². The second kappa shape index (κ2) is 9.59. The monoisotopic (exact) mass is 492 g/mol. The molecule has 1 saturated heterocycles. The minimum atomic E-state index is -0.499. The minimum Gasteiger partial charge on any atom is -0.375 e. The molecule has 1 fully saturated rings. The molecule has 0 saturated carbocycles. The van der Waals surface area contributed by atoms with Gasteiger partial charge in [0.05, 0.1) is 27.1 Å². The lowest BCUT2D eigenvalue weighted by Crippen LogP contribution is -2.43. The number of carbonyl (C=O) groups is 1. The summed E-state index contributed by atoms with van der Waals surface area (Å²) in [6.45, 7) is 1.02. The van der Waals surface area contributed by atoms with E-state index in [0.29, 0.717) is 53.6 Å². The molecule has 0 unspecified atom stereocenters. The van der Waals surface area contributed by atoms with Crippen molar-refractivity contribution in [3.63, 3.8) is 0 Å². The summed E-state index contributed by atoms with van der Waals surface area (Å²) in [5.74, 6) is -0.0771. The van der Waals surface area contributed by atoms with Crippen molar-refractivity contribution in [2.45, 2.75) is 23.9 Å². The van der Waals surface area contributed by atoms with Crippen LogP contribution in [-0.4, -0.2) is 68.4 Å². The molecular weight excluding hydrogens is 468 g/mol. The van der Waals surface area contributed by atoms with Gasteiger partial charge in [-0.3, -0.25) is 24.1 Å². The van der Waals surface area contributed by atoms with Crippen molar-refractivity contribution in [2.75, 3.05) is 33.1 Å². The molecule has 180 valence electrons. The van der Waals surface area contributed by atoms with Gasteiger partial charge >= 0.3 is 5.69 Å². The standard InChI is InChI=1S/C24H24N6O4S/c1-34-13-20(31)29-9-7-15(8-10-29)30-22-16(23(32)28-24(30)33)12-25-18-5-4-17(27-21(18)22)14-3-6-19(35-2)26-11-14/h3-6,11-12,15H,7-10,13H2,1-2H3,(H,28,32,33). The number of thioether (sulfide) groups is 1. The van der Waals surface area contributed by atoms with E-state index >= 15 is 0 Å². The zero-order valence-corrected chi connectivity index (χ0v) is 20.2. The smallest absolute Gasteiger partial charge is 0.329 e. The van der Waals surface area contributed by atoms with E-state index in [1.807, 2.05) is 30.5 Å². The number of hydrogen-bond acceptors (Lipinski definition) is 8. The van der Waals surface area contributed by atoms with Gasteiger partial charge in [-0.15, -0.1) is 11.8 Å². The number of hydrogen-bond donors (Lipinski definition) is 1. The lowest BCUT2D eigenvalue weighted by atomic mass is 10.0. The van der Waals surface area contributed by atoms with Gasteiger partial charge in [0.25, 0.3) is 5.56 Å². The van der Waals surface area contributed by atoms with Crippen molar-refractivity contribution < 1.29 is 9.53 Å². The first kappa shape index (κ1) is 23.2. The van der Waals surface area contributed by atoms with Crippen molar-refractivity contribution in [1.82, 2.24) is 29.4 Å². The van der Waals surface area contributed by atoms with Crippen LogP contribution < -0.4 is 11.2 Å². The molecule has 1 N–H and O–H groups in total. The number of likely N-dealkylation sites (tertiary alicyclic amines) is 1. The quantitative estimate of drug-likeness (QED) is 0.332. The topological polar surface area (TPSA) is 123 Å². The third-order valence-corrected chi connectivity index (χ3v) is 6.96. The Morgan fingerprint density at radius 3 is 2.63 bits per heavy atom. The van der Waals surface area contributed by atoms with Crippen LogP contribution in [0.15, 0.2) is 51.3 Å². The molecule has 5 rings (SSSR count). The molecule has 1 aliphatic heterocycles. The van der Waals surface area contributed by atoms with Crippen LogP contribution in [-0.2, 0) is 9.53 Å². The molecule has 0 aliphatic carbocycles. The Kier molecular flexibility index (Phi) is 6.35. The number of nitrogens with zero attached hydrogens (tertiary/aromatic N) is 5. The number of nitrogens with one attached hydrogen (secondary N) is 1. The Morgan fingerprint density at radius 2 is 1.94 bits per heavy atom. The second-order valence-electron chi connectivity index (χ2n) is 8.35. The van der Waals surface area contributed by atoms with E-state index in [-0.39, 0.29) is 18.6 Å². The lowest BCUT2D eigenvalue weighted by Gasteiger charge is -2.33. The first-order valence-electron chi connectivity index (χ1n) is 11.2. The summed E-state index contributed by atoms with van der Waals surface area (Å²) in [6, 6.07) is 7.35. The first-order valence-corrected chi connectivity index (χ1v) is 12.4. The number of piperidine rings is 1. The lowest BCUT2D eigenvalue weighted by molar-refractivity contribution is -0.136.